The summed E-state index contributed by atoms with van der Waals surface area (Å²) in [6.07, 6.45) is 5.04. The van der Waals surface area contributed by atoms with Crippen LogP contribution in [-0.2, 0) is 0 Å². The Morgan fingerprint density at radius 1 is 1.38 bits per heavy atom. The summed E-state index contributed by atoms with van der Waals surface area (Å²) in [5, 5.41) is 10.0. The van der Waals surface area contributed by atoms with Crippen LogP contribution < -0.4 is 0 Å². The Morgan fingerprint density at radius 2 is 2.08 bits per heavy atom. The van der Waals surface area contributed by atoms with Gasteiger partial charge in [-0.1, -0.05) is 20.8 Å². The van der Waals surface area contributed by atoms with Crippen LogP contribution >= 0.6 is 0 Å². The van der Waals surface area contributed by atoms with Gasteiger partial charge in [-0.25, -0.2) is 0 Å². The number of rotatable bonds is 2. The van der Waals surface area contributed by atoms with Gasteiger partial charge < -0.3 is 5.11 Å². The molecule has 0 saturated heterocycles. The minimum atomic E-state index is -0.0506. The molecule has 0 aromatic carbocycles. The third kappa shape index (κ3) is 1.24. The second-order valence-corrected chi connectivity index (χ2v) is 5.59. The molecule has 13 heavy (non-hydrogen) atoms. The van der Waals surface area contributed by atoms with Crippen molar-refractivity contribution in [3.05, 3.63) is 0 Å². The summed E-state index contributed by atoms with van der Waals surface area (Å²) in [5.41, 5.74) is 0.401. The largest absolute Gasteiger partial charge is 0.393 e. The molecule has 1 N–H and O–H groups in total. The highest BCUT2D eigenvalue weighted by molar-refractivity contribution is 5.03. The van der Waals surface area contributed by atoms with Gasteiger partial charge in [-0.05, 0) is 48.9 Å². The molecule has 2 bridgehead atoms. The first-order valence-corrected chi connectivity index (χ1v) is 5.75. The van der Waals surface area contributed by atoms with Crippen LogP contribution in [0.2, 0.25) is 0 Å². The van der Waals surface area contributed by atoms with Crippen molar-refractivity contribution in [2.24, 2.45) is 23.2 Å². The molecule has 0 unspecified atom stereocenters. The highest BCUT2D eigenvalue weighted by Gasteiger charge is 2.54. The van der Waals surface area contributed by atoms with Gasteiger partial charge in [0.15, 0.2) is 0 Å². The maximum atomic E-state index is 10.0. The first kappa shape index (κ1) is 9.51. The third-order valence-corrected chi connectivity index (χ3v) is 4.73. The summed E-state index contributed by atoms with van der Waals surface area (Å²) in [6.45, 7) is 6.83. The molecule has 2 aliphatic rings. The lowest BCUT2D eigenvalue weighted by Crippen LogP contribution is -2.38. The molecule has 2 rings (SSSR count). The molecule has 76 valence electrons. The zero-order valence-electron chi connectivity index (χ0n) is 9.09. The lowest BCUT2D eigenvalue weighted by atomic mass is 9.66. The molecule has 0 amide bonds. The standard InChI is InChI=1S/C12H22O/c1-4-10(13)11-8-5-6-9(7-8)12(11,2)3/h8-11,13H,4-7H2,1-3H3/t8-,9+,10-,11+/m1/s1. The monoisotopic (exact) mass is 182 g/mol. The van der Waals surface area contributed by atoms with Crippen molar-refractivity contribution < 1.29 is 5.11 Å². The van der Waals surface area contributed by atoms with E-state index in [4.69, 9.17) is 0 Å². The summed E-state index contributed by atoms with van der Waals surface area (Å²) in [4.78, 5) is 0. The molecular formula is C12H22O. The highest BCUT2D eigenvalue weighted by Crippen LogP contribution is 2.60. The molecular weight excluding hydrogens is 160 g/mol. The van der Waals surface area contributed by atoms with Gasteiger partial charge in [-0.3, -0.25) is 0 Å². The Morgan fingerprint density at radius 3 is 2.54 bits per heavy atom. The fourth-order valence-electron chi connectivity index (χ4n) is 3.96. The maximum Gasteiger partial charge on any atom is 0.0573 e. The Kier molecular flexibility index (Phi) is 2.18. The summed E-state index contributed by atoms with van der Waals surface area (Å²) in [6, 6.07) is 0. The predicted molar refractivity (Wildman–Crippen MR) is 54.4 cm³/mol. The topological polar surface area (TPSA) is 20.2 Å². The van der Waals surface area contributed by atoms with E-state index in [2.05, 4.69) is 20.8 Å². The quantitative estimate of drug-likeness (QED) is 0.696. The van der Waals surface area contributed by atoms with E-state index >= 15 is 0 Å². The van der Waals surface area contributed by atoms with Gasteiger partial charge >= 0.3 is 0 Å². The Labute approximate surface area is 81.5 Å². The number of aliphatic hydroxyl groups excluding tert-OH is 1. The molecule has 0 heterocycles. The number of hydrogen-bond acceptors (Lipinski definition) is 1. The highest BCUT2D eigenvalue weighted by atomic mass is 16.3. The van der Waals surface area contributed by atoms with Crippen LogP contribution in [0.3, 0.4) is 0 Å². The Hall–Kier alpha value is -0.0400. The van der Waals surface area contributed by atoms with Crippen LogP contribution in [0.4, 0.5) is 0 Å². The lowest BCUT2D eigenvalue weighted by Gasteiger charge is -2.40. The molecule has 1 nitrogen and oxygen atoms in total. The van der Waals surface area contributed by atoms with Gasteiger partial charge in [-0.15, -0.1) is 0 Å². The van der Waals surface area contributed by atoms with E-state index in [1.54, 1.807) is 0 Å². The van der Waals surface area contributed by atoms with Crippen molar-refractivity contribution in [2.45, 2.75) is 52.6 Å². The molecule has 2 fully saturated rings. The van der Waals surface area contributed by atoms with Crippen LogP contribution in [0.15, 0.2) is 0 Å². The molecule has 2 saturated carbocycles. The third-order valence-electron chi connectivity index (χ3n) is 4.73. The fraction of sp³-hybridized carbons (Fsp3) is 1.00. The second kappa shape index (κ2) is 2.98. The molecule has 0 radical (unpaired) electrons. The molecule has 0 aromatic heterocycles. The van der Waals surface area contributed by atoms with Gasteiger partial charge in [-0.2, -0.15) is 0 Å². The summed E-state index contributed by atoms with van der Waals surface area (Å²) < 4.78 is 0. The Balaban J connectivity index is 2.18. The van der Waals surface area contributed by atoms with Crippen molar-refractivity contribution >= 4 is 0 Å². The second-order valence-electron chi connectivity index (χ2n) is 5.59. The minimum absolute atomic E-state index is 0.0506. The van der Waals surface area contributed by atoms with Crippen LogP contribution in [0.1, 0.15) is 46.5 Å². The maximum absolute atomic E-state index is 10.0. The van der Waals surface area contributed by atoms with Crippen molar-refractivity contribution in [1.82, 2.24) is 0 Å². The number of hydrogen-bond donors (Lipinski definition) is 1. The SMILES string of the molecule is CC[C@@H](O)[C@@H]1[C@@H]2CC[C@@H](C2)C1(C)C. The minimum Gasteiger partial charge on any atom is -0.393 e. The molecule has 0 aromatic rings. The van der Waals surface area contributed by atoms with Gasteiger partial charge in [0.1, 0.15) is 0 Å². The molecule has 0 aliphatic heterocycles. The van der Waals surface area contributed by atoms with E-state index in [0.717, 1.165) is 18.3 Å². The van der Waals surface area contributed by atoms with Crippen molar-refractivity contribution in [3.8, 4) is 0 Å². The zero-order valence-corrected chi connectivity index (χ0v) is 9.09. The number of fused-ring (bicyclic) bond motifs is 2. The molecule has 2 aliphatic carbocycles. The van der Waals surface area contributed by atoms with E-state index in [9.17, 15) is 5.11 Å². The van der Waals surface area contributed by atoms with Gasteiger partial charge in [0.2, 0.25) is 0 Å². The van der Waals surface area contributed by atoms with Crippen molar-refractivity contribution in [3.63, 3.8) is 0 Å². The smallest absolute Gasteiger partial charge is 0.0573 e. The van der Waals surface area contributed by atoms with Crippen LogP contribution in [0.5, 0.6) is 0 Å². The zero-order chi connectivity index (χ0) is 9.64. The Bertz CT molecular complexity index is 197. The average Bonchev–Trinajstić information content (AvgIpc) is 2.60. The van der Waals surface area contributed by atoms with Crippen LogP contribution in [-0.4, -0.2) is 11.2 Å². The molecule has 1 heteroatoms. The van der Waals surface area contributed by atoms with E-state index in [0.29, 0.717) is 11.3 Å². The van der Waals surface area contributed by atoms with Gasteiger partial charge in [0.05, 0.1) is 6.10 Å². The first-order chi connectivity index (χ1) is 6.07. The van der Waals surface area contributed by atoms with Crippen LogP contribution in [0.25, 0.3) is 0 Å². The van der Waals surface area contributed by atoms with Crippen LogP contribution in [0, 0.1) is 23.2 Å². The summed E-state index contributed by atoms with van der Waals surface area (Å²) >= 11 is 0. The summed E-state index contributed by atoms with van der Waals surface area (Å²) in [5.74, 6) is 2.30. The first-order valence-electron chi connectivity index (χ1n) is 5.75. The van der Waals surface area contributed by atoms with E-state index in [-0.39, 0.29) is 6.10 Å². The van der Waals surface area contributed by atoms with E-state index < -0.39 is 0 Å². The van der Waals surface area contributed by atoms with Gasteiger partial charge in [0.25, 0.3) is 0 Å². The normalized spacial score (nSPS) is 43.8. The van der Waals surface area contributed by atoms with Crippen molar-refractivity contribution in [2.75, 3.05) is 0 Å². The molecule has 0 spiro atoms. The van der Waals surface area contributed by atoms with E-state index in [1.165, 1.54) is 19.3 Å². The summed E-state index contributed by atoms with van der Waals surface area (Å²) in [7, 11) is 0. The molecule has 4 atom stereocenters. The lowest BCUT2D eigenvalue weighted by molar-refractivity contribution is -0.00394. The number of aliphatic hydroxyl groups is 1. The van der Waals surface area contributed by atoms with Gasteiger partial charge in [0, 0.05) is 0 Å². The van der Waals surface area contributed by atoms with E-state index in [1.807, 2.05) is 0 Å². The van der Waals surface area contributed by atoms with Crippen molar-refractivity contribution in [1.29, 1.82) is 0 Å². The predicted octanol–water partition coefficient (Wildman–Crippen LogP) is 2.83. The fourth-order valence-corrected chi connectivity index (χ4v) is 3.96. The average molecular weight is 182 g/mol.